The summed E-state index contributed by atoms with van der Waals surface area (Å²) in [4.78, 5) is 24.7. The molecule has 1 amide bonds. The van der Waals surface area contributed by atoms with Crippen molar-refractivity contribution in [2.45, 2.75) is 39.2 Å². The van der Waals surface area contributed by atoms with E-state index in [2.05, 4.69) is 0 Å². The zero-order valence-corrected chi connectivity index (χ0v) is 13.6. The summed E-state index contributed by atoms with van der Waals surface area (Å²) in [5.41, 5.74) is 0. The first-order chi connectivity index (χ1) is 9.62. The van der Waals surface area contributed by atoms with Crippen molar-refractivity contribution in [1.82, 2.24) is 9.21 Å². The van der Waals surface area contributed by atoms with Crippen molar-refractivity contribution in [2.75, 3.05) is 25.9 Å². The van der Waals surface area contributed by atoms with Gasteiger partial charge in [-0.05, 0) is 26.7 Å². The van der Waals surface area contributed by atoms with Crippen molar-refractivity contribution < 1.29 is 23.1 Å². The molecule has 0 bridgehead atoms. The Morgan fingerprint density at radius 3 is 2.19 bits per heavy atom. The fraction of sp³-hybridized carbons (Fsp3) is 0.846. The average molecular weight is 320 g/mol. The van der Waals surface area contributed by atoms with E-state index in [0.29, 0.717) is 25.9 Å². The molecule has 7 nitrogen and oxygen atoms in total. The Balaban J connectivity index is 2.63. The first-order valence-electron chi connectivity index (χ1n) is 7.10. The number of carboxylic acid groups (broad SMARTS) is 1. The molecule has 0 unspecified atom stereocenters. The van der Waals surface area contributed by atoms with Crippen LogP contribution in [0.2, 0.25) is 0 Å². The summed E-state index contributed by atoms with van der Waals surface area (Å²) >= 11 is 0. The summed E-state index contributed by atoms with van der Waals surface area (Å²) in [7, 11) is -3.20. The van der Waals surface area contributed by atoms with Crippen molar-refractivity contribution >= 4 is 21.9 Å². The van der Waals surface area contributed by atoms with E-state index in [0.717, 1.165) is 0 Å². The molecule has 1 rings (SSSR count). The Morgan fingerprint density at radius 2 is 1.81 bits per heavy atom. The van der Waals surface area contributed by atoms with Gasteiger partial charge in [0.05, 0.1) is 12.7 Å². The highest BCUT2D eigenvalue weighted by Crippen LogP contribution is 2.22. The van der Waals surface area contributed by atoms with Crippen molar-refractivity contribution in [3.05, 3.63) is 0 Å². The molecule has 122 valence electrons. The van der Waals surface area contributed by atoms with E-state index in [1.165, 1.54) is 10.6 Å². The molecule has 0 radical (unpaired) electrons. The summed E-state index contributed by atoms with van der Waals surface area (Å²) < 4.78 is 24.3. The Hall–Kier alpha value is -1.15. The molecule has 1 aliphatic rings. The Morgan fingerprint density at radius 1 is 1.29 bits per heavy atom. The highest BCUT2D eigenvalue weighted by atomic mass is 32.2. The number of piperidine rings is 1. The maximum Gasteiger partial charge on any atom is 0.305 e. The van der Waals surface area contributed by atoms with E-state index < -0.39 is 16.0 Å². The number of carboxylic acids is 1. The third kappa shape index (κ3) is 5.28. The van der Waals surface area contributed by atoms with Gasteiger partial charge in [0.2, 0.25) is 15.9 Å². The van der Waals surface area contributed by atoms with Gasteiger partial charge in [-0.3, -0.25) is 9.59 Å². The number of carbonyl (C=O) groups is 2. The van der Waals surface area contributed by atoms with E-state index in [4.69, 9.17) is 5.11 Å². The van der Waals surface area contributed by atoms with E-state index >= 15 is 0 Å². The van der Waals surface area contributed by atoms with Crippen LogP contribution in [0.3, 0.4) is 0 Å². The predicted molar refractivity (Wildman–Crippen MR) is 78.2 cm³/mol. The van der Waals surface area contributed by atoms with Crippen LogP contribution >= 0.6 is 0 Å². The molecule has 0 aromatic rings. The highest BCUT2D eigenvalue weighted by Gasteiger charge is 2.32. The van der Waals surface area contributed by atoms with Crippen LogP contribution in [0.25, 0.3) is 0 Å². The Kier molecular flexibility index (Phi) is 6.15. The minimum atomic E-state index is -3.20. The van der Waals surface area contributed by atoms with E-state index in [9.17, 15) is 18.0 Å². The zero-order valence-electron chi connectivity index (χ0n) is 12.8. The third-order valence-electron chi connectivity index (χ3n) is 3.75. The Bertz CT molecular complexity index is 481. The molecule has 0 saturated carbocycles. The van der Waals surface area contributed by atoms with Gasteiger partial charge in [-0.15, -0.1) is 0 Å². The van der Waals surface area contributed by atoms with Crippen LogP contribution in [0.4, 0.5) is 0 Å². The van der Waals surface area contributed by atoms with Crippen LogP contribution in [0.5, 0.6) is 0 Å². The minimum Gasteiger partial charge on any atom is -0.481 e. The SMILES string of the molecule is CC(C)N(CCC(=O)O)C(=O)C1CCN(S(C)(=O)=O)CC1. The van der Waals surface area contributed by atoms with Gasteiger partial charge in [-0.1, -0.05) is 0 Å². The topological polar surface area (TPSA) is 95.0 Å². The molecule has 0 aromatic heterocycles. The maximum absolute atomic E-state index is 12.5. The molecular weight excluding hydrogens is 296 g/mol. The monoisotopic (exact) mass is 320 g/mol. The first kappa shape index (κ1) is 17.9. The fourth-order valence-corrected chi connectivity index (χ4v) is 3.38. The van der Waals surface area contributed by atoms with E-state index in [1.807, 2.05) is 13.8 Å². The summed E-state index contributed by atoms with van der Waals surface area (Å²) in [6.07, 6.45) is 2.07. The van der Waals surface area contributed by atoms with Crippen LogP contribution in [0, 0.1) is 5.92 Å². The van der Waals surface area contributed by atoms with Gasteiger partial charge in [-0.25, -0.2) is 12.7 Å². The molecule has 0 spiro atoms. The second-order valence-corrected chi connectivity index (χ2v) is 7.69. The molecule has 0 atom stereocenters. The van der Waals surface area contributed by atoms with Gasteiger partial charge in [0, 0.05) is 31.6 Å². The number of rotatable bonds is 6. The number of nitrogens with zero attached hydrogens (tertiary/aromatic N) is 2. The molecule has 8 heteroatoms. The molecule has 1 fully saturated rings. The van der Waals surface area contributed by atoms with Gasteiger partial charge >= 0.3 is 5.97 Å². The molecule has 0 aromatic carbocycles. The smallest absolute Gasteiger partial charge is 0.305 e. The number of hydrogen-bond acceptors (Lipinski definition) is 4. The van der Waals surface area contributed by atoms with Crippen LogP contribution in [0.15, 0.2) is 0 Å². The highest BCUT2D eigenvalue weighted by molar-refractivity contribution is 7.88. The lowest BCUT2D eigenvalue weighted by atomic mass is 9.96. The van der Waals surface area contributed by atoms with Gasteiger partial charge in [0.15, 0.2) is 0 Å². The number of carbonyl (C=O) groups excluding carboxylic acids is 1. The van der Waals surface area contributed by atoms with Gasteiger partial charge < -0.3 is 10.0 Å². The molecule has 1 aliphatic heterocycles. The quantitative estimate of drug-likeness (QED) is 0.763. The summed E-state index contributed by atoms with van der Waals surface area (Å²) in [6.45, 7) is 4.59. The Labute approximate surface area is 126 Å². The third-order valence-corrected chi connectivity index (χ3v) is 5.05. The summed E-state index contributed by atoms with van der Waals surface area (Å²) in [6, 6.07) is -0.0650. The predicted octanol–water partition coefficient (Wildman–Crippen LogP) is 0.370. The molecule has 1 saturated heterocycles. The van der Waals surface area contributed by atoms with Crippen LogP contribution in [-0.4, -0.2) is 66.5 Å². The normalized spacial score (nSPS) is 17.9. The number of hydrogen-bond donors (Lipinski definition) is 1. The van der Waals surface area contributed by atoms with Gasteiger partial charge in [0.25, 0.3) is 0 Å². The first-order valence-corrected chi connectivity index (χ1v) is 8.95. The molecule has 1 N–H and O–H groups in total. The van der Waals surface area contributed by atoms with E-state index in [-0.39, 0.29) is 30.8 Å². The lowest BCUT2D eigenvalue weighted by Crippen LogP contribution is -2.46. The van der Waals surface area contributed by atoms with Crippen molar-refractivity contribution in [2.24, 2.45) is 5.92 Å². The second kappa shape index (κ2) is 7.22. The zero-order chi connectivity index (χ0) is 16.2. The van der Waals surface area contributed by atoms with E-state index in [1.54, 1.807) is 4.90 Å². The lowest BCUT2D eigenvalue weighted by Gasteiger charge is -2.34. The molecule has 21 heavy (non-hydrogen) atoms. The van der Waals surface area contributed by atoms with Gasteiger partial charge in [-0.2, -0.15) is 0 Å². The number of amides is 1. The van der Waals surface area contributed by atoms with Crippen LogP contribution in [-0.2, 0) is 19.6 Å². The summed E-state index contributed by atoms with van der Waals surface area (Å²) in [5, 5.41) is 8.75. The molecular formula is C13H24N2O5S. The average Bonchev–Trinajstić information content (AvgIpc) is 2.37. The fourth-order valence-electron chi connectivity index (χ4n) is 2.51. The molecule has 0 aliphatic carbocycles. The van der Waals surface area contributed by atoms with Crippen molar-refractivity contribution in [1.29, 1.82) is 0 Å². The minimum absolute atomic E-state index is 0.0650. The largest absolute Gasteiger partial charge is 0.481 e. The molecule has 1 heterocycles. The second-order valence-electron chi connectivity index (χ2n) is 5.71. The maximum atomic E-state index is 12.5. The number of sulfonamides is 1. The van der Waals surface area contributed by atoms with Gasteiger partial charge in [0.1, 0.15) is 0 Å². The summed E-state index contributed by atoms with van der Waals surface area (Å²) in [5.74, 6) is -1.22. The van der Waals surface area contributed by atoms with Crippen molar-refractivity contribution in [3.63, 3.8) is 0 Å². The van der Waals surface area contributed by atoms with Crippen LogP contribution in [0.1, 0.15) is 33.1 Å². The lowest BCUT2D eigenvalue weighted by molar-refractivity contribution is -0.141. The number of aliphatic carboxylic acids is 1. The standard InChI is InChI=1S/C13H24N2O5S/c1-10(2)15(9-6-12(16)17)13(18)11-4-7-14(8-5-11)21(3,19)20/h10-11H,4-9H2,1-3H3,(H,16,17). The van der Waals surface area contributed by atoms with Crippen molar-refractivity contribution in [3.8, 4) is 0 Å². The van der Waals surface area contributed by atoms with Crippen LogP contribution < -0.4 is 0 Å².